The van der Waals surface area contributed by atoms with Gasteiger partial charge in [-0.25, -0.2) is 0 Å². The van der Waals surface area contributed by atoms with E-state index < -0.39 is 0 Å². The van der Waals surface area contributed by atoms with Crippen LogP contribution in [-0.4, -0.2) is 25.5 Å². The number of rotatable bonds is 8. The molecule has 0 aliphatic heterocycles. The van der Waals surface area contributed by atoms with E-state index in [1.54, 1.807) is 7.11 Å². The van der Waals surface area contributed by atoms with Crippen LogP contribution < -0.4 is 15.4 Å². The third-order valence-corrected chi connectivity index (χ3v) is 4.86. The lowest BCUT2D eigenvalue weighted by molar-refractivity contribution is -0.127. The van der Waals surface area contributed by atoms with Gasteiger partial charge in [-0.15, -0.1) is 0 Å². The Hall–Kier alpha value is -2.82. The van der Waals surface area contributed by atoms with Gasteiger partial charge >= 0.3 is 0 Å². The molecule has 1 aliphatic carbocycles. The summed E-state index contributed by atoms with van der Waals surface area (Å²) >= 11 is 0. The first kappa shape index (κ1) is 19.0. The fourth-order valence-corrected chi connectivity index (χ4v) is 3.21. The van der Waals surface area contributed by atoms with E-state index in [-0.39, 0.29) is 23.7 Å². The predicted molar refractivity (Wildman–Crippen MR) is 104 cm³/mol. The first-order valence-corrected chi connectivity index (χ1v) is 9.30. The molecule has 5 heteroatoms. The monoisotopic (exact) mass is 366 g/mol. The molecule has 2 atom stereocenters. The number of hydrogen-bond acceptors (Lipinski definition) is 3. The molecule has 0 heterocycles. The third-order valence-electron chi connectivity index (χ3n) is 4.86. The largest absolute Gasteiger partial charge is 0.497 e. The van der Waals surface area contributed by atoms with Gasteiger partial charge in [-0.05, 0) is 43.0 Å². The van der Waals surface area contributed by atoms with Crippen molar-refractivity contribution in [1.29, 1.82) is 0 Å². The van der Waals surface area contributed by atoms with Crippen LogP contribution in [-0.2, 0) is 22.6 Å². The number of nitrogens with one attached hydrogen (secondary N) is 2. The topological polar surface area (TPSA) is 67.4 Å². The Labute approximate surface area is 160 Å². The lowest BCUT2D eigenvalue weighted by atomic mass is 10.1. The highest BCUT2D eigenvalue weighted by molar-refractivity contribution is 5.92. The molecule has 2 unspecified atom stereocenters. The second-order valence-electron chi connectivity index (χ2n) is 7.05. The van der Waals surface area contributed by atoms with E-state index in [0.717, 1.165) is 23.3 Å². The average Bonchev–Trinajstić information content (AvgIpc) is 3.47. The van der Waals surface area contributed by atoms with Gasteiger partial charge in [-0.2, -0.15) is 0 Å². The highest BCUT2D eigenvalue weighted by Gasteiger charge is 2.47. The molecule has 27 heavy (non-hydrogen) atoms. The van der Waals surface area contributed by atoms with Crippen LogP contribution >= 0.6 is 0 Å². The second kappa shape index (κ2) is 8.71. The van der Waals surface area contributed by atoms with Crippen LogP contribution in [0.3, 0.4) is 0 Å². The lowest BCUT2D eigenvalue weighted by Gasteiger charge is -2.08. The number of carbonyl (C=O) groups is 2. The third kappa shape index (κ3) is 5.33. The molecule has 2 amide bonds. The van der Waals surface area contributed by atoms with Gasteiger partial charge in [0.1, 0.15) is 5.75 Å². The number of carbonyl (C=O) groups excluding carboxylic acids is 2. The van der Waals surface area contributed by atoms with Gasteiger partial charge in [0, 0.05) is 13.1 Å². The highest BCUT2D eigenvalue weighted by atomic mass is 16.5. The summed E-state index contributed by atoms with van der Waals surface area (Å²) in [7, 11) is 1.64. The van der Waals surface area contributed by atoms with Crippen LogP contribution in [0.1, 0.15) is 23.1 Å². The normalized spacial score (nSPS) is 17.9. The molecule has 0 bridgehead atoms. The van der Waals surface area contributed by atoms with Crippen LogP contribution in [0.4, 0.5) is 0 Å². The summed E-state index contributed by atoms with van der Waals surface area (Å²) in [4.78, 5) is 24.5. The van der Waals surface area contributed by atoms with Crippen molar-refractivity contribution in [3.05, 3.63) is 65.2 Å². The molecule has 2 N–H and O–H groups in total. The van der Waals surface area contributed by atoms with Crippen molar-refractivity contribution in [2.24, 2.45) is 11.8 Å². The molecular weight excluding hydrogens is 340 g/mol. The maximum Gasteiger partial charge on any atom is 0.224 e. The quantitative estimate of drug-likeness (QED) is 0.755. The lowest BCUT2D eigenvalue weighted by Crippen LogP contribution is -2.31. The minimum absolute atomic E-state index is 0.0337. The molecule has 0 saturated heterocycles. The van der Waals surface area contributed by atoms with Crippen LogP contribution in [0, 0.1) is 18.8 Å². The Morgan fingerprint density at radius 3 is 2.44 bits per heavy atom. The van der Waals surface area contributed by atoms with E-state index in [2.05, 4.69) is 16.7 Å². The maximum atomic E-state index is 12.2. The smallest absolute Gasteiger partial charge is 0.224 e. The number of aryl methyl sites for hydroxylation is 1. The van der Waals surface area contributed by atoms with E-state index >= 15 is 0 Å². The zero-order valence-corrected chi connectivity index (χ0v) is 15.8. The molecule has 1 fully saturated rings. The first-order valence-electron chi connectivity index (χ1n) is 9.30. The van der Waals surface area contributed by atoms with Crippen LogP contribution in [0.2, 0.25) is 0 Å². The van der Waals surface area contributed by atoms with E-state index in [9.17, 15) is 9.59 Å². The van der Waals surface area contributed by atoms with Gasteiger partial charge in [0.2, 0.25) is 11.8 Å². The summed E-state index contributed by atoms with van der Waals surface area (Å²) in [6.45, 7) is 3.08. The van der Waals surface area contributed by atoms with Crippen molar-refractivity contribution in [3.63, 3.8) is 0 Å². The second-order valence-corrected chi connectivity index (χ2v) is 7.05. The minimum Gasteiger partial charge on any atom is -0.497 e. The van der Waals surface area contributed by atoms with Crippen LogP contribution in [0.25, 0.3) is 0 Å². The summed E-state index contributed by atoms with van der Waals surface area (Å²) in [5.74, 6) is 0.337. The Bertz CT molecular complexity index is 819. The average molecular weight is 366 g/mol. The van der Waals surface area contributed by atoms with Crippen LogP contribution in [0.5, 0.6) is 5.75 Å². The van der Waals surface area contributed by atoms with Gasteiger partial charge < -0.3 is 15.4 Å². The summed E-state index contributed by atoms with van der Waals surface area (Å²) in [5.41, 5.74) is 3.35. The van der Waals surface area contributed by atoms with Gasteiger partial charge in [0.05, 0.1) is 18.9 Å². The molecule has 0 radical (unpaired) electrons. The van der Waals surface area contributed by atoms with Gasteiger partial charge in [0.25, 0.3) is 0 Å². The SMILES string of the molecule is COc1cccc(CCNC(=O)C2CC2C(=O)NCc2cccc(C)c2)c1. The van der Waals surface area contributed by atoms with E-state index in [4.69, 9.17) is 4.74 Å². The minimum atomic E-state index is -0.202. The fourth-order valence-electron chi connectivity index (χ4n) is 3.21. The molecule has 1 aliphatic rings. The predicted octanol–water partition coefficient (Wildman–Crippen LogP) is 2.61. The Morgan fingerprint density at radius 1 is 1.00 bits per heavy atom. The summed E-state index contributed by atoms with van der Waals surface area (Å²) in [6.07, 6.45) is 1.37. The summed E-state index contributed by atoms with van der Waals surface area (Å²) in [5, 5.41) is 5.87. The van der Waals surface area contributed by atoms with Crippen molar-refractivity contribution in [2.75, 3.05) is 13.7 Å². The van der Waals surface area contributed by atoms with Gasteiger partial charge in [-0.1, -0.05) is 42.0 Å². The van der Waals surface area contributed by atoms with E-state index in [0.29, 0.717) is 19.5 Å². The Balaban J connectivity index is 1.38. The number of amides is 2. The molecule has 2 aromatic carbocycles. The highest BCUT2D eigenvalue weighted by Crippen LogP contribution is 2.38. The molecule has 142 valence electrons. The fraction of sp³-hybridized carbons (Fsp3) is 0.364. The van der Waals surface area contributed by atoms with Crippen LogP contribution in [0.15, 0.2) is 48.5 Å². The number of hydrogen-bond donors (Lipinski definition) is 2. The molecule has 1 saturated carbocycles. The van der Waals surface area contributed by atoms with E-state index in [1.165, 1.54) is 5.56 Å². The molecule has 0 aromatic heterocycles. The Kier molecular flexibility index (Phi) is 6.12. The van der Waals surface area contributed by atoms with E-state index in [1.807, 2.05) is 49.4 Å². The number of benzene rings is 2. The number of methoxy groups -OCH3 is 1. The van der Waals surface area contributed by atoms with Crippen molar-refractivity contribution in [2.45, 2.75) is 26.3 Å². The molecule has 5 nitrogen and oxygen atoms in total. The van der Waals surface area contributed by atoms with Crippen molar-refractivity contribution in [1.82, 2.24) is 10.6 Å². The Morgan fingerprint density at radius 2 is 1.70 bits per heavy atom. The first-order chi connectivity index (χ1) is 13.1. The molecule has 2 aromatic rings. The molecular formula is C22H26N2O3. The summed E-state index contributed by atoms with van der Waals surface area (Å²) in [6, 6.07) is 15.8. The summed E-state index contributed by atoms with van der Waals surface area (Å²) < 4.78 is 5.20. The standard InChI is InChI=1S/C22H26N2O3/c1-15-5-3-7-17(11-15)14-24-22(26)20-13-19(20)21(25)23-10-9-16-6-4-8-18(12-16)27-2/h3-8,11-12,19-20H,9-10,13-14H2,1-2H3,(H,23,25)(H,24,26). The molecule has 3 rings (SSSR count). The van der Waals surface area contributed by atoms with Gasteiger partial charge in [0.15, 0.2) is 0 Å². The van der Waals surface area contributed by atoms with Crippen molar-refractivity contribution < 1.29 is 14.3 Å². The zero-order chi connectivity index (χ0) is 19.2. The number of ether oxygens (including phenoxy) is 1. The van der Waals surface area contributed by atoms with Gasteiger partial charge in [-0.3, -0.25) is 9.59 Å². The molecule has 0 spiro atoms. The maximum absolute atomic E-state index is 12.2. The van der Waals surface area contributed by atoms with Crippen molar-refractivity contribution in [3.8, 4) is 5.75 Å². The van der Waals surface area contributed by atoms with Crippen molar-refractivity contribution >= 4 is 11.8 Å². The zero-order valence-electron chi connectivity index (χ0n) is 15.8.